The fraction of sp³-hybridized carbons (Fsp3) is 0.125. The van der Waals surface area contributed by atoms with Crippen molar-refractivity contribution in [2.24, 2.45) is 0 Å². The largest absolute Gasteiger partial charge is 0.480 e. The number of imidazole rings is 1. The molecule has 0 radical (unpaired) electrons. The second kappa shape index (κ2) is 5.28. The number of carboxylic acids is 1. The number of carbonyl (C=O) groups is 1. The third kappa shape index (κ3) is 2.72. The Balaban J connectivity index is 2.04. The average Bonchev–Trinajstić information content (AvgIpc) is 2.79. The van der Waals surface area contributed by atoms with Crippen molar-refractivity contribution in [3.63, 3.8) is 0 Å². The second-order valence-corrected chi connectivity index (χ2v) is 4.91. The quantitative estimate of drug-likeness (QED) is 0.719. The molecule has 0 aliphatic heterocycles. The minimum Gasteiger partial charge on any atom is -0.480 e. The van der Waals surface area contributed by atoms with Gasteiger partial charge in [0.05, 0.1) is 11.0 Å². The van der Waals surface area contributed by atoms with Gasteiger partial charge in [0.1, 0.15) is 12.4 Å². The molecule has 0 spiro atoms. The van der Waals surface area contributed by atoms with Crippen molar-refractivity contribution in [1.82, 2.24) is 9.55 Å². The van der Waals surface area contributed by atoms with Crippen LogP contribution in [0.5, 0.6) is 0 Å². The lowest BCUT2D eigenvalue weighted by Crippen LogP contribution is -2.12. The maximum atomic E-state index is 11.1. The first-order valence-corrected chi connectivity index (χ1v) is 6.64. The molecule has 0 saturated heterocycles. The number of rotatable bonds is 4. The Labute approximate surface area is 121 Å². The number of nitrogens with two attached hydrogens (primary N) is 1. The van der Waals surface area contributed by atoms with Gasteiger partial charge in [-0.15, -0.1) is 0 Å². The molecule has 0 fully saturated rings. The highest BCUT2D eigenvalue weighted by atomic mass is 16.4. The number of fused-ring (bicyclic) bond motifs is 1. The van der Waals surface area contributed by atoms with Gasteiger partial charge in [0, 0.05) is 12.1 Å². The Morgan fingerprint density at radius 3 is 2.57 bits per heavy atom. The summed E-state index contributed by atoms with van der Waals surface area (Å²) in [7, 11) is 0. The topological polar surface area (TPSA) is 81.1 Å². The van der Waals surface area contributed by atoms with Gasteiger partial charge in [0.15, 0.2) is 0 Å². The molecule has 3 aromatic rings. The van der Waals surface area contributed by atoms with Crippen LogP contribution in [-0.4, -0.2) is 20.6 Å². The smallest absolute Gasteiger partial charge is 0.323 e. The van der Waals surface area contributed by atoms with Crippen LogP contribution >= 0.6 is 0 Å². The summed E-state index contributed by atoms with van der Waals surface area (Å²) in [5.41, 5.74) is 9.08. The van der Waals surface area contributed by atoms with Crippen molar-refractivity contribution >= 4 is 22.7 Å². The summed E-state index contributed by atoms with van der Waals surface area (Å²) in [5, 5.41) is 9.11. The summed E-state index contributed by atoms with van der Waals surface area (Å²) in [6, 6.07) is 15.1. The highest BCUT2D eigenvalue weighted by Gasteiger charge is 2.13. The molecule has 0 saturated carbocycles. The fourth-order valence-electron chi connectivity index (χ4n) is 2.39. The first-order valence-electron chi connectivity index (χ1n) is 6.64. The van der Waals surface area contributed by atoms with Crippen LogP contribution in [-0.2, 0) is 17.8 Å². The molecular weight excluding hydrogens is 266 g/mol. The van der Waals surface area contributed by atoms with E-state index in [0.29, 0.717) is 12.1 Å². The molecule has 1 heterocycles. The van der Waals surface area contributed by atoms with E-state index in [-0.39, 0.29) is 6.54 Å². The number of hydrogen-bond acceptors (Lipinski definition) is 3. The number of carboxylic acid groups (broad SMARTS) is 1. The van der Waals surface area contributed by atoms with Crippen molar-refractivity contribution in [3.8, 4) is 0 Å². The molecule has 0 aliphatic rings. The number of benzene rings is 2. The molecule has 0 unspecified atom stereocenters. The van der Waals surface area contributed by atoms with E-state index in [1.807, 2.05) is 48.5 Å². The summed E-state index contributed by atoms with van der Waals surface area (Å²) in [5.74, 6) is -0.139. The molecule has 0 amide bonds. The summed E-state index contributed by atoms with van der Waals surface area (Å²) in [6.07, 6.45) is 0.572. The summed E-state index contributed by atoms with van der Waals surface area (Å²) < 4.78 is 1.74. The fourth-order valence-corrected chi connectivity index (χ4v) is 2.39. The minimum absolute atomic E-state index is 0.0924. The number of anilines is 1. The van der Waals surface area contributed by atoms with Gasteiger partial charge < -0.3 is 15.4 Å². The maximum absolute atomic E-state index is 11.1. The summed E-state index contributed by atoms with van der Waals surface area (Å²) in [6.45, 7) is -0.0924. The standard InChI is InChI=1S/C16H15N3O2/c17-12-7-5-11(6-8-12)9-15-18-13-3-1-2-4-14(13)19(15)10-16(20)21/h1-8H,9-10,17H2,(H,20,21). The van der Waals surface area contributed by atoms with Gasteiger partial charge >= 0.3 is 5.97 Å². The van der Waals surface area contributed by atoms with E-state index in [4.69, 9.17) is 10.8 Å². The zero-order valence-electron chi connectivity index (χ0n) is 11.4. The first kappa shape index (κ1) is 13.2. The number of aliphatic carboxylic acids is 1. The Morgan fingerprint density at radius 1 is 1.14 bits per heavy atom. The molecule has 0 bridgehead atoms. The number of hydrogen-bond donors (Lipinski definition) is 2. The van der Waals surface area contributed by atoms with Crippen LogP contribution in [0, 0.1) is 0 Å². The van der Waals surface area contributed by atoms with Crippen molar-refractivity contribution < 1.29 is 9.90 Å². The van der Waals surface area contributed by atoms with E-state index in [9.17, 15) is 4.79 Å². The van der Waals surface area contributed by atoms with Crippen molar-refractivity contribution in [1.29, 1.82) is 0 Å². The molecule has 5 heteroatoms. The molecule has 0 atom stereocenters. The van der Waals surface area contributed by atoms with Gasteiger partial charge in [-0.05, 0) is 29.8 Å². The highest BCUT2D eigenvalue weighted by Crippen LogP contribution is 2.19. The Hall–Kier alpha value is -2.82. The molecule has 3 N–H and O–H groups in total. The number of nitrogens with zero attached hydrogens (tertiary/aromatic N) is 2. The maximum Gasteiger partial charge on any atom is 0.323 e. The molecule has 21 heavy (non-hydrogen) atoms. The van der Waals surface area contributed by atoms with E-state index in [1.54, 1.807) is 4.57 Å². The van der Waals surface area contributed by atoms with Crippen LogP contribution in [0.1, 0.15) is 11.4 Å². The Bertz CT molecular complexity index is 791. The lowest BCUT2D eigenvalue weighted by molar-refractivity contribution is -0.137. The van der Waals surface area contributed by atoms with Gasteiger partial charge in [0.25, 0.3) is 0 Å². The van der Waals surface area contributed by atoms with E-state index >= 15 is 0 Å². The molecule has 2 aromatic carbocycles. The lowest BCUT2D eigenvalue weighted by Gasteiger charge is -2.06. The van der Waals surface area contributed by atoms with Gasteiger partial charge in [-0.1, -0.05) is 24.3 Å². The van der Waals surface area contributed by atoms with Crippen molar-refractivity contribution in [2.75, 3.05) is 5.73 Å². The van der Waals surface area contributed by atoms with E-state index < -0.39 is 5.97 Å². The Kier molecular flexibility index (Phi) is 3.31. The normalized spacial score (nSPS) is 10.9. The second-order valence-electron chi connectivity index (χ2n) is 4.91. The van der Waals surface area contributed by atoms with Crippen LogP contribution in [0.15, 0.2) is 48.5 Å². The summed E-state index contributed by atoms with van der Waals surface area (Å²) >= 11 is 0. The highest BCUT2D eigenvalue weighted by molar-refractivity contribution is 5.78. The number of nitrogen functional groups attached to an aromatic ring is 1. The molecule has 3 rings (SSSR count). The molecule has 106 valence electrons. The average molecular weight is 281 g/mol. The van der Waals surface area contributed by atoms with Crippen LogP contribution in [0.4, 0.5) is 5.69 Å². The monoisotopic (exact) mass is 281 g/mol. The SMILES string of the molecule is Nc1ccc(Cc2nc3ccccc3n2CC(=O)O)cc1. The van der Waals surface area contributed by atoms with Crippen LogP contribution in [0.2, 0.25) is 0 Å². The van der Waals surface area contributed by atoms with Crippen molar-refractivity contribution in [2.45, 2.75) is 13.0 Å². The number of para-hydroxylation sites is 2. The molecule has 5 nitrogen and oxygen atoms in total. The zero-order valence-corrected chi connectivity index (χ0v) is 11.4. The zero-order chi connectivity index (χ0) is 14.8. The van der Waals surface area contributed by atoms with E-state index in [2.05, 4.69) is 4.98 Å². The van der Waals surface area contributed by atoms with Gasteiger partial charge in [-0.3, -0.25) is 4.79 Å². The Morgan fingerprint density at radius 2 is 1.86 bits per heavy atom. The molecular formula is C16H15N3O2. The van der Waals surface area contributed by atoms with Gasteiger partial charge in [0.2, 0.25) is 0 Å². The van der Waals surface area contributed by atoms with Crippen LogP contribution < -0.4 is 5.73 Å². The lowest BCUT2D eigenvalue weighted by atomic mass is 10.1. The van der Waals surface area contributed by atoms with Crippen LogP contribution in [0.25, 0.3) is 11.0 Å². The van der Waals surface area contributed by atoms with Gasteiger partial charge in [-0.2, -0.15) is 0 Å². The predicted octanol–water partition coefficient (Wildman–Crippen LogP) is 2.29. The molecule has 0 aliphatic carbocycles. The minimum atomic E-state index is -0.878. The van der Waals surface area contributed by atoms with E-state index in [0.717, 1.165) is 22.4 Å². The third-order valence-electron chi connectivity index (χ3n) is 3.37. The summed E-state index contributed by atoms with van der Waals surface area (Å²) in [4.78, 5) is 15.6. The predicted molar refractivity (Wildman–Crippen MR) is 81.0 cm³/mol. The van der Waals surface area contributed by atoms with Gasteiger partial charge in [-0.25, -0.2) is 4.98 Å². The van der Waals surface area contributed by atoms with Crippen LogP contribution in [0.3, 0.4) is 0 Å². The third-order valence-corrected chi connectivity index (χ3v) is 3.37. The van der Waals surface area contributed by atoms with Crippen molar-refractivity contribution in [3.05, 3.63) is 59.9 Å². The number of aromatic nitrogens is 2. The van der Waals surface area contributed by atoms with E-state index in [1.165, 1.54) is 0 Å². The first-order chi connectivity index (χ1) is 10.1. The molecule has 1 aromatic heterocycles.